The molecule has 0 saturated carbocycles. The number of nitrogens with one attached hydrogen (secondary N) is 1. The summed E-state index contributed by atoms with van der Waals surface area (Å²) in [5.41, 5.74) is 1.67. The van der Waals surface area contributed by atoms with Crippen LogP contribution in [0.2, 0.25) is 0 Å². The number of piperazine rings is 1. The molecule has 3 rings (SSSR count). The van der Waals surface area contributed by atoms with E-state index in [1.165, 1.54) is 18.2 Å². The van der Waals surface area contributed by atoms with Gasteiger partial charge in [-0.25, -0.2) is 0 Å². The van der Waals surface area contributed by atoms with Gasteiger partial charge in [-0.15, -0.1) is 0 Å². The van der Waals surface area contributed by atoms with Crippen LogP contribution < -0.4 is 5.32 Å². The van der Waals surface area contributed by atoms with E-state index in [2.05, 4.69) is 16.8 Å². The Bertz CT molecular complexity index is 906. The van der Waals surface area contributed by atoms with Gasteiger partial charge in [-0.05, 0) is 36.7 Å². The van der Waals surface area contributed by atoms with Gasteiger partial charge in [-0.1, -0.05) is 36.9 Å². The maximum Gasteiger partial charge on any atom is 0.253 e. The number of carbonyl (C=O) groups is 2. The van der Waals surface area contributed by atoms with Crippen LogP contribution in [-0.2, 0) is 4.79 Å². The first-order valence-electron chi connectivity index (χ1n) is 10.0. The fourth-order valence-corrected chi connectivity index (χ4v) is 3.40. The zero-order valence-electron chi connectivity index (χ0n) is 16.9. The van der Waals surface area contributed by atoms with Gasteiger partial charge in [-0.3, -0.25) is 14.5 Å². The summed E-state index contributed by atoms with van der Waals surface area (Å²) in [6.07, 6.45) is 0.778. The quantitative estimate of drug-likeness (QED) is 0.370. The van der Waals surface area contributed by atoms with Crippen molar-refractivity contribution >= 4 is 17.4 Å². The van der Waals surface area contributed by atoms with Crippen molar-refractivity contribution in [1.82, 2.24) is 15.1 Å². The Morgan fingerprint density at radius 3 is 2.30 bits per heavy atom. The zero-order valence-corrected chi connectivity index (χ0v) is 16.9. The summed E-state index contributed by atoms with van der Waals surface area (Å²) in [7, 11) is 0. The third kappa shape index (κ3) is 5.39. The smallest absolute Gasteiger partial charge is 0.253 e. The summed E-state index contributed by atoms with van der Waals surface area (Å²) in [5, 5.41) is 21.6. The number of amides is 2. The van der Waals surface area contributed by atoms with Crippen molar-refractivity contribution < 1.29 is 19.8 Å². The fourth-order valence-electron chi connectivity index (χ4n) is 3.40. The second kappa shape index (κ2) is 9.93. The SMILES string of the molecule is C=C(C(=O)N1CCN(CCCNC(=O)c2ccc(O)c(O)c2)CC1)c1ccccc1. The second-order valence-electron chi connectivity index (χ2n) is 7.29. The average Bonchev–Trinajstić information content (AvgIpc) is 2.78. The van der Waals surface area contributed by atoms with Crippen molar-refractivity contribution in [1.29, 1.82) is 0 Å². The van der Waals surface area contributed by atoms with E-state index in [0.29, 0.717) is 30.8 Å². The lowest BCUT2D eigenvalue weighted by molar-refractivity contribution is -0.126. The first kappa shape index (κ1) is 21.4. The molecule has 2 aromatic carbocycles. The molecule has 2 aromatic rings. The first-order chi connectivity index (χ1) is 14.5. The normalized spacial score (nSPS) is 14.3. The van der Waals surface area contributed by atoms with E-state index in [1.54, 1.807) is 0 Å². The van der Waals surface area contributed by atoms with Crippen molar-refractivity contribution in [2.45, 2.75) is 6.42 Å². The van der Waals surface area contributed by atoms with Gasteiger partial charge in [0.1, 0.15) is 0 Å². The van der Waals surface area contributed by atoms with Crippen LogP contribution in [0.3, 0.4) is 0 Å². The molecule has 1 heterocycles. The standard InChI is InChI=1S/C23H27N3O4/c1-17(18-6-3-2-4-7-18)23(30)26-14-12-25(13-15-26)11-5-10-24-22(29)19-8-9-20(27)21(28)16-19/h2-4,6-9,16,27-28H,1,5,10-15H2,(H,24,29). The van der Waals surface area contributed by atoms with E-state index < -0.39 is 0 Å². The zero-order chi connectivity index (χ0) is 21.5. The molecule has 0 unspecified atom stereocenters. The Labute approximate surface area is 176 Å². The molecule has 3 N–H and O–H groups in total. The Morgan fingerprint density at radius 2 is 1.63 bits per heavy atom. The lowest BCUT2D eigenvalue weighted by Gasteiger charge is -2.35. The molecule has 1 fully saturated rings. The number of phenols is 2. The maximum absolute atomic E-state index is 12.6. The van der Waals surface area contributed by atoms with Crippen LogP contribution in [0.5, 0.6) is 11.5 Å². The van der Waals surface area contributed by atoms with E-state index in [4.69, 9.17) is 0 Å². The maximum atomic E-state index is 12.6. The third-order valence-corrected chi connectivity index (χ3v) is 5.21. The third-order valence-electron chi connectivity index (χ3n) is 5.21. The number of hydrogen-bond acceptors (Lipinski definition) is 5. The predicted molar refractivity (Wildman–Crippen MR) is 115 cm³/mol. The topological polar surface area (TPSA) is 93.1 Å². The molecule has 30 heavy (non-hydrogen) atoms. The van der Waals surface area contributed by atoms with Crippen LogP contribution in [0.15, 0.2) is 55.1 Å². The Kier molecular flexibility index (Phi) is 7.08. The highest BCUT2D eigenvalue weighted by Gasteiger charge is 2.23. The van der Waals surface area contributed by atoms with Gasteiger partial charge in [0.15, 0.2) is 11.5 Å². The summed E-state index contributed by atoms with van der Waals surface area (Å²) >= 11 is 0. The molecule has 0 aromatic heterocycles. The van der Waals surface area contributed by atoms with Gasteiger partial charge >= 0.3 is 0 Å². The summed E-state index contributed by atoms with van der Waals surface area (Å²) in [6, 6.07) is 13.5. The van der Waals surface area contributed by atoms with Crippen LogP contribution in [-0.4, -0.2) is 71.1 Å². The molecular formula is C23H27N3O4. The molecule has 0 spiro atoms. The Hall–Kier alpha value is -3.32. The van der Waals surface area contributed by atoms with Crippen LogP contribution >= 0.6 is 0 Å². The Morgan fingerprint density at radius 1 is 0.933 bits per heavy atom. The van der Waals surface area contributed by atoms with Crippen LogP contribution in [0.1, 0.15) is 22.3 Å². The minimum absolute atomic E-state index is 0.0229. The molecule has 7 nitrogen and oxygen atoms in total. The highest BCUT2D eigenvalue weighted by Crippen LogP contribution is 2.24. The largest absolute Gasteiger partial charge is 0.504 e. The Balaban J connectivity index is 1.37. The molecule has 7 heteroatoms. The first-order valence-corrected chi connectivity index (χ1v) is 10.0. The molecule has 158 valence electrons. The molecular weight excluding hydrogens is 382 g/mol. The molecule has 1 aliphatic rings. The summed E-state index contributed by atoms with van der Waals surface area (Å²) in [5.74, 6) is -0.882. The van der Waals surface area contributed by atoms with Gasteiger partial charge in [-0.2, -0.15) is 0 Å². The van der Waals surface area contributed by atoms with Crippen molar-refractivity contribution in [3.05, 3.63) is 66.2 Å². The van der Waals surface area contributed by atoms with Crippen LogP contribution in [0, 0.1) is 0 Å². The predicted octanol–water partition coefficient (Wildman–Crippen LogP) is 2.08. The van der Waals surface area contributed by atoms with Crippen molar-refractivity contribution in [2.24, 2.45) is 0 Å². The van der Waals surface area contributed by atoms with Gasteiger partial charge in [0, 0.05) is 43.9 Å². The van der Waals surface area contributed by atoms with E-state index in [1.807, 2.05) is 35.2 Å². The van der Waals surface area contributed by atoms with Gasteiger partial charge in [0.2, 0.25) is 0 Å². The van der Waals surface area contributed by atoms with Gasteiger partial charge in [0.25, 0.3) is 11.8 Å². The lowest BCUT2D eigenvalue weighted by atomic mass is 10.1. The molecule has 2 amide bonds. The molecule has 1 aliphatic heterocycles. The van der Waals surface area contributed by atoms with E-state index in [0.717, 1.165) is 31.6 Å². The average molecular weight is 409 g/mol. The van der Waals surface area contributed by atoms with E-state index in [-0.39, 0.29) is 23.3 Å². The number of benzene rings is 2. The number of nitrogens with zero attached hydrogens (tertiary/aromatic N) is 2. The second-order valence-corrected chi connectivity index (χ2v) is 7.29. The molecule has 0 bridgehead atoms. The van der Waals surface area contributed by atoms with Crippen molar-refractivity contribution in [2.75, 3.05) is 39.3 Å². The van der Waals surface area contributed by atoms with Gasteiger partial charge in [0.05, 0.1) is 0 Å². The van der Waals surface area contributed by atoms with E-state index >= 15 is 0 Å². The molecule has 0 aliphatic carbocycles. The van der Waals surface area contributed by atoms with Crippen molar-refractivity contribution in [3.8, 4) is 11.5 Å². The van der Waals surface area contributed by atoms with Crippen LogP contribution in [0.4, 0.5) is 0 Å². The number of hydrogen-bond donors (Lipinski definition) is 3. The molecule has 0 atom stereocenters. The minimum atomic E-state index is -0.315. The lowest BCUT2D eigenvalue weighted by Crippen LogP contribution is -2.49. The van der Waals surface area contributed by atoms with E-state index in [9.17, 15) is 19.8 Å². The summed E-state index contributed by atoms with van der Waals surface area (Å²) < 4.78 is 0. The molecule has 0 radical (unpaired) electrons. The van der Waals surface area contributed by atoms with Crippen molar-refractivity contribution in [3.63, 3.8) is 0 Å². The molecule has 1 saturated heterocycles. The number of carbonyl (C=O) groups excluding carboxylic acids is 2. The number of rotatable bonds is 7. The number of aromatic hydroxyl groups is 2. The highest BCUT2D eigenvalue weighted by molar-refractivity contribution is 6.18. The number of phenolic OH excluding ortho intramolecular Hbond substituents is 2. The highest BCUT2D eigenvalue weighted by atomic mass is 16.3. The minimum Gasteiger partial charge on any atom is -0.504 e. The van der Waals surface area contributed by atoms with Crippen LogP contribution in [0.25, 0.3) is 5.57 Å². The van der Waals surface area contributed by atoms with Gasteiger partial charge < -0.3 is 20.4 Å². The monoisotopic (exact) mass is 409 g/mol. The fraction of sp³-hybridized carbons (Fsp3) is 0.304. The summed E-state index contributed by atoms with van der Waals surface area (Å²) in [6.45, 7) is 8.17. The summed E-state index contributed by atoms with van der Waals surface area (Å²) in [4.78, 5) is 28.8.